The maximum atomic E-state index is 4.85. The molecule has 0 saturated carbocycles. The molecule has 1 N–H and O–H groups in total. The molecule has 0 aromatic carbocycles. The first kappa shape index (κ1) is 15.8. The quantitative estimate of drug-likeness (QED) is 0.664. The molecule has 22 heavy (non-hydrogen) atoms. The number of hydrogen-bond donors (Lipinski definition) is 1. The van der Waals surface area contributed by atoms with Crippen LogP contribution in [0.15, 0.2) is 40.2 Å². The van der Waals surface area contributed by atoms with Gasteiger partial charge in [0.25, 0.3) is 0 Å². The van der Waals surface area contributed by atoms with Crippen molar-refractivity contribution in [3.8, 4) is 0 Å². The van der Waals surface area contributed by atoms with Crippen LogP contribution in [0.1, 0.15) is 11.3 Å². The first-order valence-corrected chi connectivity index (χ1v) is 7.04. The fourth-order valence-electron chi connectivity index (χ4n) is 2.17. The molecule has 0 atom stereocenters. The van der Waals surface area contributed by atoms with E-state index >= 15 is 0 Å². The Labute approximate surface area is 130 Å². The van der Waals surface area contributed by atoms with Gasteiger partial charge in [0, 0.05) is 52.6 Å². The predicted octanol–water partition coefficient (Wildman–Crippen LogP) is 1.34. The van der Waals surface area contributed by atoms with Gasteiger partial charge in [0.1, 0.15) is 17.8 Å². The van der Waals surface area contributed by atoms with Crippen molar-refractivity contribution in [3.05, 3.63) is 41.9 Å². The van der Waals surface area contributed by atoms with Crippen LogP contribution < -0.4 is 10.2 Å². The number of anilines is 1. The highest BCUT2D eigenvalue weighted by Crippen LogP contribution is 2.14. The highest BCUT2D eigenvalue weighted by molar-refractivity contribution is 5.79. The highest BCUT2D eigenvalue weighted by Gasteiger charge is 2.10. The lowest BCUT2D eigenvalue weighted by Gasteiger charge is -2.22. The van der Waals surface area contributed by atoms with Gasteiger partial charge in [0.15, 0.2) is 5.96 Å². The van der Waals surface area contributed by atoms with Gasteiger partial charge in [-0.15, -0.1) is 0 Å². The van der Waals surface area contributed by atoms with Crippen molar-refractivity contribution in [1.29, 1.82) is 0 Å². The van der Waals surface area contributed by atoms with Gasteiger partial charge < -0.3 is 19.6 Å². The van der Waals surface area contributed by atoms with E-state index in [1.54, 1.807) is 19.5 Å². The Hall–Kier alpha value is -2.57. The van der Waals surface area contributed by atoms with Gasteiger partial charge in [-0.1, -0.05) is 11.2 Å². The van der Waals surface area contributed by atoms with Gasteiger partial charge >= 0.3 is 0 Å². The minimum atomic E-state index is 0.629. The smallest absolute Gasteiger partial charge is 0.194 e. The Morgan fingerprint density at radius 1 is 1.32 bits per heavy atom. The third-order valence-electron chi connectivity index (χ3n) is 3.19. The molecule has 2 aromatic rings. The SMILES string of the molecule is CN=C(NCc1cccnc1N(C)C)N(C)Cc1ccon1. The van der Waals surface area contributed by atoms with E-state index < -0.39 is 0 Å². The van der Waals surface area contributed by atoms with Crippen molar-refractivity contribution in [3.63, 3.8) is 0 Å². The van der Waals surface area contributed by atoms with Crippen LogP contribution in [0.25, 0.3) is 0 Å². The largest absolute Gasteiger partial charge is 0.364 e. The number of nitrogens with zero attached hydrogens (tertiary/aromatic N) is 5. The first-order valence-electron chi connectivity index (χ1n) is 7.04. The zero-order valence-electron chi connectivity index (χ0n) is 13.4. The zero-order chi connectivity index (χ0) is 15.9. The zero-order valence-corrected chi connectivity index (χ0v) is 13.4. The Morgan fingerprint density at radius 2 is 2.14 bits per heavy atom. The molecule has 0 saturated heterocycles. The molecule has 0 aliphatic rings. The number of aromatic nitrogens is 2. The van der Waals surface area contributed by atoms with Crippen molar-refractivity contribution in [1.82, 2.24) is 20.4 Å². The number of hydrogen-bond acceptors (Lipinski definition) is 5. The second-order valence-corrected chi connectivity index (χ2v) is 5.13. The summed E-state index contributed by atoms with van der Waals surface area (Å²) >= 11 is 0. The van der Waals surface area contributed by atoms with E-state index in [1.807, 2.05) is 43.1 Å². The lowest BCUT2D eigenvalue weighted by atomic mass is 10.2. The van der Waals surface area contributed by atoms with Crippen LogP contribution in [0.5, 0.6) is 0 Å². The van der Waals surface area contributed by atoms with Crippen LogP contribution in [0.3, 0.4) is 0 Å². The van der Waals surface area contributed by atoms with Crippen LogP contribution >= 0.6 is 0 Å². The van der Waals surface area contributed by atoms with Crippen LogP contribution in [0.4, 0.5) is 5.82 Å². The first-order chi connectivity index (χ1) is 10.6. The van der Waals surface area contributed by atoms with Crippen molar-refractivity contribution in [2.45, 2.75) is 13.1 Å². The van der Waals surface area contributed by atoms with Crippen molar-refractivity contribution in [2.75, 3.05) is 33.1 Å². The molecule has 7 nitrogen and oxygen atoms in total. The molecule has 0 aliphatic carbocycles. The maximum Gasteiger partial charge on any atom is 0.194 e. The predicted molar refractivity (Wildman–Crippen MR) is 86.7 cm³/mol. The van der Waals surface area contributed by atoms with Gasteiger partial charge in [0.2, 0.25) is 0 Å². The van der Waals surface area contributed by atoms with E-state index in [9.17, 15) is 0 Å². The molecule has 0 aliphatic heterocycles. The molecule has 118 valence electrons. The number of pyridine rings is 1. The minimum Gasteiger partial charge on any atom is -0.364 e. The van der Waals surface area contributed by atoms with Gasteiger partial charge in [0.05, 0.1) is 6.54 Å². The molecule has 0 unspecified atom stereocenters. The van der Waals surface area contributed by atoms with Crippen molar-refractivity contribution >= 4 is 11.8 Å². The van der Waals surface area contributed by atoms with Crippen LogP contribution in [-0.2, 0) is 13.1 Å². The molecule has 0 spiro atoms. The lowest BCUT2D eigenvalue weighted by Crippen LogP contribution is -2.38. The summed E-state index contributed by atoms with van der Waals surface area (Å²) in [4.78, 5) is 12.7. The van der Waals surface area contributed by atoms with Gasteiger partial charge in [-0.3, -0.25) is 4.99 Å². The monoisotopic (exact) mass is 302 g/mol. The second-order valence-electron chi connectivity index (χ2n) is 5.13. The molecule has 0 radical (unpaired) electrons. The average molecular weight is 302 g/mol. The number of nitrogens with one attached hydrogen (secondary N) is 1. The Bertz CT molecular complexity index is 608. The molecular formula is C15H22N6O. The van der Waals surface area contributed by atoms with E-state index in [-0.39, 0.29) is 0 Å². The molecule has 0 bridgehead atoms. The summed E-state index contributed by atoms with van der Waals surface area (Å²) in [6, 6.07) is 5.83. The summed E-state index contributed by atoms with van der Waals surface area (Å²) in [7, 11) is 7.69. The van der Waals surface area contributed by atoms with E-state index in [2.05, 4.69) is 26.5 Å². The minimum absolute atomic E-state index is 0.629. The van der Waals surface area contributed by atoms with Gasteiger partial charge in [-0.05, 0) is 6.07 Å². The van der Waals surface area contributed by atoms with E-state index in [0.717, 1.165) is 23.0 Å². The molecule has 2 rings (SSSR count). The number of rotatable bonds is 5. The van der Waals surface area contributed by atoms with Crippen molar-refractivity contribution < 1.29 is 4.52 Å². The third-order valence-corrected chi connectivity index (χ3v) is 3.19. The summed E-state index contributed by atoms with van der Waals surface area (Å²) in [6.45, 7) is 1.28. The molecule has 2 aromatic heterocycles. The van der Waals surface area contributed by atoms with Gasteiger partial charge in [-0.2, -0.15) is 0 Å². The number of aliphatic imine (C=N–C) groups is 1. The maximum absolute atomic E-state index is 4.85. The fraction of sp³-hybridized carbons (Fsp3) is 0.400. The molecule has 0 fully saturated rings. The third kappa shape index (κ3) is 3.97. The second kappa shape index (κ2) is 7.44. The van der Waals surface area contributed by atoms with E-state index in [0.29, 0.717) is 13.1 Å². The molecule has 0 amide bonds. The topological polar surface area (TPSA) is 69.8 Å². The van der Waals surface area contributed by atoms with E-state index in [4.69, 9.17) is 4.52 Å². The van der Waals surface area contributed by atoms with Crippen molar-refractivity contribution in [2.24, 2.45) is 4.99 Å². The fourth-order valence-corrected chi connectivity index (χ4v) is 2.17. The Kier molecular flexibility index (Phi) is 5.35. The summed E-state index contributed by atoms with van der Waals surface area (Å²) < 4.78 is 4.85. The average Bonchev–Trinajstić information content (AvgIpc) is 3.01. The highest BCUT2D eigenvalue weighted by atomic mass is 16.5. The van der Waals surface area contributed by atoms with Crippen LogP contribution in [0, 0.1) is 0 Å². The summed E-state index contributed by atoms with van der Waals surface area (Å²) in [5, 5.41) is 7.26. The van der Waals surface area contributed by atoms with Crippen LogP contribution in [0.2, 0.25) is 0 Å². The molecule has 2 heterocycles. The standard InChI is InChI=1S/C15H22N6O/c1-16-15(21(4)11-13-7-9-22-19-13)18-10-12-6-5-8-17-14(12)20(2)3/h5-9H,10-11H2,1-4H3,(H,16,18). The Balaban J connectivity index is 1.99. The van der Waals surface area contributed by atoms with E-state index in [1.165, 1.54) is 0 Å². The number of guanidine groups is 1. The lowest BCUT2D eigenvalue weighted by molar-refractivity contribution is 0.391. The van der Waals surface area contributed by atoms with Gasteiger partial charge in [-0.25, -0.2) is 4.98 Å². The molecular weight excluding hydrogens is 280 g/mol. The Morgan fingerprint density at radius 3 is 2.77 bits per heavy atom. The van der Waals surface area contributed by atoms with Crippen LogP contribution in [-0.4, -0.2) is 49.2 Å². The normalized spacial score (nSPS) is 11.4. The summed E-state index contributed by atoms with van der Waals surface area (Å²) in [5.74, 6) is 1.74. The molecule has 7 heteroatoms. The summed E-state index contributed by atoms with van der Waals surface area (Å²) in [5.41, 5.74) is 1.98. The summed E-state index contributed by atoms with van der Waals surface area (Å²) in [6.07, 6.45) is 3.36.